The summed E-state index contributed by atoms with van der Waals surface area (Å²) in [5.74, 6) is 0. The standard InChI is InChI=1S/C52H32N6/c1-2-13-44-40(11-1)42-25-26-43-41-12-3-5-15-48(41)57(50(43)51(42)58-49-16-6-4-14-45(49)56-52(44)58)39-29-46(35-21-17-33(18-22-35)37-9-7-27-53-31-37)55-47(30-39)36-23-19-34(20-24-36)38-10-8-28-54-32-38/h1-32H. The van der Waals surface area contributed by atoms with Crippen LogP contribution in [-0.4, -0.2) is 28.9 Å². The van der Waals surface area contributed by atoms with Gasteiger partial charge in [-0.05, 0) is 70.1 Å². The zero-order chi connectivity index (χ0) is 38.2. The van der Waals surface area contributed by atoms with E-state index in [-0.39, 0.29) is 0 Å². The number of imidazole rings is 1. The minimum Gasteiger partial charge on any atom is -0.307 e. The molecular weight excluding hydrogens is 709 g/mol. The molecule has 0 aliphatic carbocycles. The summed E-state index contributed by atoms with van der Waals surface area (Å²) in [5.41, 5.74) is 15.6. The number of aromatic nitrogens is 6. The second-order valence-corrected chi connectivity index (χ2v) is 14.7. The van der Waals surface area contributed by atoms with E-state index in [0.717, 1.165) is 89.1 Å². The summed E-state index contributed by atoms with van der Waals surface area (Å²) in [5, 5.41) is 5.85. The van der Waals surface area contributed by atoms with E-state index >= 15 is 0 Å². The quantitative estimate of drug-likeness (QED) is 0.165. The van der Waals surface area contributed by atoms with Crippen molar-refractivity contribution in [1.82, 2.24) is 28.9 Å². The SMILES string of the molecule is c1cncc(-c2ccc(-c3cc(-n4c5ccccc5c5ccc6c7ccccc7c7nc8ccccc8n7c6c54)cc(-c4ccc(-c5cccnc5)cc4)n3)cc2)c1. The van der Waals surface area contributed by atoms with E-state index in [1.807, 2.05) is 24.5 Å². The average Bonchev–Trinajstić information content (AvgIpc) is 3.86. The fourth-order valence-corrected chi connectivity index (χ4v) is 8.77. The molecule has 0 atom stereocenters. The fourth-order valence-electron chi connectivity index (χ4n) is 8.77. The van der Waals surface area contributed by atoms with E-state index in [1.54, 1.807) is 12.4 Å². The summed E-state index contributed by atoms with van der Waals surface area (Å²) in [6.07, 6.45) is 7.41. The van der Waals surface area contributed by atoms with Crippen LogP contribution in [0.2, 0.25) is 0 Å². The molecule has 12 rings (SSSR count). The Kier molecular flexibility index (Phi) is 7.13. The van der Waals surface area contributed by atoms with Gasteiger partial charge in [0.2, 0.25) is 0 Å². The predicted molar refractivity (Wildman–Crippen MR) is 237 cm³/mol. The van der Waals surface area contributed by atoms with Crippen LogP contribution in [0.5, 0.6) is 0 Å². The van der Waals surface area contributed by atoms with Crippen LogP contribution in [-0.2, 0) is 0 Å². The van der Waals surface area contributed by atoms with Gasteiger partial charge in [-0.2, -0.15) is 0 Å². The second-order valence-electron chi connectivity index (χ2n) is 14.7. The molecule has 0 radical (unpaired) electrons. The van der Waals surface area contributed by atoms with Crippen LogP contribution < -0.4 is 0 Å². The van der Waals surface area contributed by atoms with Gasteiger partial charge in [-0.1, -0.05) is 127 Å². The van der Waals surface area contributed by atoms with Crippen molar-refractivity contribution in [3.63, 3.8) is 0 Å². The highest BCUT2D eigenvalue weighted by Crippen LogP contribution is 2.42. The Bertz CT molecular complexity index is 3430. The second kappa shape index (κ2) is 12.8. The molecule has 0 saturated carbocycles. The van der Waals surface area contributed by atoms with Crippen molar-refractivity contribution >= 4 is 60.2 Å². The van der Waals surface area contributed by atoms with Crippen molar-refractivity contribution < 1.29 is 0 Å². The minimum absolute atomic E-state index is 0.886. The Morgan fingerprint density at radius 2 is 0.897 bits per heavy atom. The number of pyridine rings is 4. The summed E-state index contributed by atoms with van der Waals surface area (Å²) in [7, 11) is 0. The van der Waals surface area contributed by atoms with Crippen LogP contribution in [0.4, 0.5) is 0 Å². The molecule has 0 fully saturated rings. The number of fused-ring (bicyclic) bond motifs is 12. The molecule has 6 heterocycles. The number of benzene rings is 6. The molecule has 6 nitrogen and oxygen atoms in total. The zero-order valence-corrected chi connectivity index (χ0v) is 31.2. The average molecular weight is 741 g/mol. The third-order valence-corrected chi connectivity index (χ3v) is 11.5. The Morgan fingerprint density at radius 3 is 1.52 bits per heavy atom. The number of hydrogen-bond acceptors (Lipinski definition) is 4. The molecule has 0 aliphatic rings. The van der Waals surface area contributed by atoms with Gasteiger partial charge < -0.3 is 4.57 Å². The van der Waals surface area contributed by atoms with Crippen LogP contribution in [0.25, 0.3) is 111 Å². The van der Waals surface area contributed by atoms with Crippen LogP contribution in [0.15, 0.2) is 195 Å². The number of para-hydroxylation sites is 3. The van der Waals surface area contributed by atoms with Gasteiger partial charge in [0.05, 0.1) is 44.7 Å². The maximum absolute atomic E-state index is 5.38. The van der Waals surface area contributed by atoms with E-state index in [4.69, 9.17) is 9.97 Å². The summed E-state index contributed by atoms with van der Waals surface area (Å²) in [4.78, 5) is 19.3. The molecule has 0 bridgehead atoms. The molecule has 0 N–H and O–H groups in total. The molecule has 0 aliphatic heterocycles. The van der Waals surface area contributed by atoms with E-state index in [1.165, 1.54) is 21.5 Å². The molecule has 0 amide bonds. The first kappa shape index (κ1) is 32.3. The summed E-state index contributed by atoms with van der Waals surface area (Å²) >= 11 is 0. The van der Waals surface area contributed by atoms with Crippen LogP contribution in [0, 0.1) is 0 Å². The first-order valence-electron chi connectivity index (χ1n) is 19.4. The van der Waals surface area contributed by atoms with Gasteiger partial charge in [0.15, 0.2) is 0 Å². The lowest BCUT2D eigenvalue weighted by molar-refractivity contribution is 1.16. The highest BCUT2D eigenvalue weighted by atomic mass is 15.1. The van der Waals surface area contributed by atoms with E-state index in [0.29, 0.717) is 0 Å². The molecule has 6 heteroatoms. The topological polar surface area (TPSA) is 60.9 Å². The van der Waals surface area contributed by atoms with Crippen LogP contribution >= 0.6 is 0 Å². The van der Waals surface area contributed by atoms with Gasteiger partial charge in [-0.3, -0.25) is 14.4 Å². The van der Waals surface area contributed by atoms with Gasteiger partial charge >= 0.3 is 0 Å². The third-order valence-electron chi connectivity index (χ3n) is 11.5. The summed E-state index contributed by atoms with van der Waals surface area (Å²) in [6, 6.07) is 60.3. The highest BCUT2D eigenvalue weighted by Gasteiger charge is 2.22. The monoisotopic (exact) mass is 740 g/mol. The Morgan fingerprint density at radius 1 is 0.362 bits per heavy atom. The smallest absolute Gasteiger partial charge is 0.146 e. The van der Waals surface area contributed by atoms with Gasteiger partial charge in [0, 0.05) is 57.5 Å². The molecular formula is C52H32N6. The first-order chi connectivity index (χ1) is 28.8. The molecule has 12 aromatic rings. The van der Waals surface area contributed by atoms with Crippen molar-refractivity contribution in [3.8, 4) is 50.5 Å². The minimum atomic E-state index is 0.886. The Labute approximate surface area is 333 Å². The molecule has 58 heavy (non-hydrogen) atoms. The maximum atomic E-state index is 5.38. The van der Waals surface area contributed by atoms with E-state index < -0.39 is 0 Å². The van der Waals surface area contributed by atoms with Crippen molar-refractivity contribution in [1.29, 1.82) is 0 Å². The van der Waals surface area contributed by atoms with Crippen molar-refractivity contribution in [3.05, 3.63) is 195 Å². The van der Waals surface area contributed by atoms with Gasteiger partial charge in [0.25, 0.3) is 0 Å². The summed E-state index contributed by atoms with van der Waals surface area (Å²) < 4.78 is 4.82. The fraction of sp³-hybridized carbons (Fsp3) is 0. The van der Waals surface area contributed by atoms with Crippen molar-refractivity contribution in [2.24, 2.45) is 0 Å². The number of hydrogen-bond donors (Lipinski definition) is 0. The van der Waals surface area contributed by atoms with Crippen molar-refractivity contribution in [2.45, 2.75) is 0 Å². The van der Waals surface area contributed by atoms with E-state index in [2.05, 4.69) is 177 Å². The normalized spacial score (nSPS) is 11.8. The molecule has 0 unspecified atom stereocenters. The van der Waals surface area contributed by atoms with Crippen molar-refractivity contribution in [2.75, 3.05) is 0 Å². The number of nitrogens with zero attached hydrogens (tertiary/aromatic N) is 6. The van der Waals surface area contributed by atoms with Gasteiger partial charge in [0.1, 0.15) is 5.65 Å². The zero-order valence-electron chi connectivity index (χ0n) is 31.2. The predicted octanol–water partition coefficient (Wildman–Crippen LogP) is 12.7. The lowest BCUT2D eigenvalue weighted by atomic mass is 10.0. The molecule has 0 saturated heterocycles. The van der Waals surface area contributed by atoms with Crippen LogP contribution in [0.1, 0.15) is 0 Å². The largest absolute Gasteiger partial charge is 0.307 e. The molecule has 6 aromatic carbocycles. The Hall–Kier alpha value is -7.96. The Balaban J connectivity index is 1.17. The van der Waals surface area contributed by atoms with Gasteiger partial charge in [-0.25, -0.2) is 9.97 Å². The lowest BCUT2D eigenvalue weighted by Crippen LogP contribution is -2.01. The van der Waals surface area contributed by atoms with Crippen LogP contribution in [0.3, 0.4) is 0 Å². The lowest BCUT2D eigenvalue weighted by Gasteiger charge is -2.16. The molecule has 0 spiro atoms. The van der Waals surface area contributed by atoms with Gasteiger partial charge in [-0.15, -0.1) is 0 Å². The third kappa shape index (κ3) is 4.98. The number of rotatable bonds is 5. The molecule has 6 aromatic heterocycles. The highest BCUT2D eigenvalue weighted by molar-refractivity contribution is 6.24. The maximum Gasteiger partial charge on any atom is 0.146 e. The molecule has 270 valence electrons. The first-order valence-corrected chi connectivity index (χ1v) is 19.4. The summed E-state index contributed by atoms with van der Waals surface area (Å²) in [6.45, 7) is 0. The van der Waals surface area contributed by atoms with E-state index in [9.17, 15) is 0 Å².